The predicted molar refractivity (Wildman–Crippen MR) is 61.5 cm³/mol. The van der Waals surface area contributed by atoms with Gasteiger partial charge in [-0.1, -0.05) is 29.5 Å². The molecule has 3 heteroatoms. The highest BCUT2D eigenvalue weighted by molar-refractivity contribution is 5.72. The van der Waals surface area contributed by atoms with Crippen LogP contribution in [-0.4, -0.2) is 15.4 Å². The molecule has 1 aliphatic rings. The van der Waals surface area contributed by atoms with Crippen LogP contribution in [0.4, 0.5) is 0 Å². The van der Waals surface area contributed by atoms with Gasteiger partial charge in [-0.2, -0.15) is 0 Å². The summed E-state index contributed by atoms with van der Waals surface area (Å²) < 4.78 is 0. The Bertz CT molecular complexity index is 393. The minimum atomic E-state index is 0.914. The number of hydrogen-bond donors (Lipinski definition) is 1. The number of para-hydroxylation sites is 1. The second-order valence-corrected chi connectivity index (χ2v) is 3.58. The second kappa shape index (κ2) is 5.29. The number of fused-ring (bicyclic) bond motifs is 1. The molecule has 0 bridgehead atoms. The van der Waals surface area contributed by atoms with E-state index in [1.165, 1.54) is 25.7 Å². The largest absolute Gasteiger partial charge is 0.258 e. The molecule has 0 amide bonds. The van der Waals surface area contributed by atoms with Crippen LogP contribution in [0.2, 0.25) is 0 Å². The number of rotatable bonds is 0. The number of hydrogen-bond acceptors (Lipinski definition) is 2. The van der Waals surface area contributed by atoms with Gasteiger partial charge in [0, 0.05) is 0 Å². The zero-order chi connectivity index (χ0) is 10.3. The van der Waals surface area contributed by atoms with E-state index in [1.807, 2.05) is 24.3 Å². The van der Waals surface area contributed by atoms with Crippen molar-refractivity contribution in [3.8, 4) is 0 Å². The van der Waals surface area contributed by atoms with E-state index in [4.69, 9.17) is 0 Å². The monoisotopic (exact) mass is 201 g/mol. The van der Waals surface area contributed by atoms with Crippen LogP contribution in [0, 0.1) is 0 Å². The van der Waals surface area contributed by atoms with E-state index in [0.29, 0.717) is 0 Å². The fraction of sp³-hybridized carbons (Fsp3) is 0.333. The van der Waals surface area contributed by atoms with Crippen molar-refractivity contribution in [1.29, 1.82) is 0 Å². The summed E-state index contributed by atoms with van der Waals surface area (Å²) in [6, 6.07) is 7.74. The molecule has 3 nitrogen and oxygen atoms in total. The highest BCUT2D eigenvalue weighted by Crippen LogP contribution is 2.07. The molecule has 0 saturated heterocycles. The van der Waals surface area contributed by atoms with Gasteiger partial charge < -0.3 is 0 Å². The molecule has 1 N–H and O–H groups in total. The fourth-order valence-corrected chi connectivity index (χ4v) is 1.55. The molecule has 1 aromatic carbocycles. The van der Waals surface area contributed by atoms with Crippen LogP contribution in [0.3, 0.4) is 0 Å². The van der Waals surface area contributed by atoms with Gasteiger partial charge >= 0.3 is 0 Å². The van der Waals surface area contributed by atoms with Crippen molar-refractivity contribution in [1.82, 2.24) is 15.4 Å². The minimum Gasteiger partial charge on any atom is -0.258 e. The van der Waals surface area contributed by atoms with Crippen LogP contribution in [0.5, 0.6) is 0 Å². The number of nitrogens with zero attached hydrogens (tertiary/aromatic N) is 2. The first-order valence-electron chi connectivity index (χ1n) is 5.37. The highest BCUT2D eigenvalue weighted by atomic mass is 15.3. The van der Waals surface area contributed by atoms with Gasteiger partial charge in [0.1, 0.15) is 5.52 Å². The van der Waals surface area contributed by atoms with Crippen LogP contribution in [0.25, 0.3) is 11.0 Å². The molecule has 0 saturated carbocycles. The smallest absolute Gasteiger partial charge is 0.112 e. The molecule has 0 spiro atoms. The highest BCUT2D eigenvalue weighted by Gasteiger charge is 1.90. The van der Waals surface area contributed by atoms with E-state index in [9.17, 15) is 0 Å². The molecule has 1 heterocycles. The van der Waals surface area contributed by atoms with Crippen molar-refractivity contribution in [2.75, 3.05) is 0 Å². The molecule has 0 radical (unpaired) electrons. The summed E-state index contributed by atoms with van der Waals surface area (Å²) in [5.41, 5.74) is 1.90. The van der Waals surface area contributed by atoms with Gasteiger partial charge in [-0.15, -0.1) is 5.10 Å². The summed E-state index contributed by atoms with van der Waals surface area (Å²) in [4.78, 5) is 0. The van der Waals surface area contributed by atoms with Gasteiger partial charge in [0.25, 0.3) is 0 Å². The molecule has 3 rings (SSSR count). The van der Waals surface area contributed by atoms with Crippen molar-refractivity contribution in [3.63, 3.8) is 0 Å². The van der Waals surface area contributed by atoms with Crippen molar-refractivity contribution >= 4 is 11.0 Å². The third-order valence-electron chi connectivity index (χ3n) is 2.39. The maximum atomic E-state index is 3.81. The molecule has 2 aromatic rings. The predicted octanol–water partition coefficient (Wildman–Crippen LogP) is 3.07. The summed E-state index contributed by atoms with van der Waals surface area (Å²) in [6.07, 6.45) is 10.0. The SMILES string of the molecule is C1=CCCCC1.c1ccc2[nH]nnc2c1. The Morgan fingerprint density at radius 3 is 2.33 bits per heavy atom. The third-order valence-corrected chi connectivity index (χ3v) is 2.39. The molecule has 1 aliphatic carbocycles. The Labute approximate surface area is 89.2 Å². The fourth-order valence-electron chi connectivity index (χ4n) is 1.55. The molecular formula is C12H15N3. The molecule has 1 aromatic heterocycles. The van der Waals surface area contributed by atoms with Crippen molar-refractivity contribution in [3.05, 3.63) is 36.4 Å². The van der Waals surface area contributed by atoms with Crippen LogP contribution in [-0.2, 0) is 0 Å². The van der Waals surface area contributed by atoms with Crippen LogP contribution in [0.15, 0.2) is 36.4 Å². The number of allylic oxidation sites excluding steroid dienone is 2. The quantitative estimate of drug-likeness (QED) is 0.665. The van der Waals surface area contributed by atoms with E-state index >= 15 is 0 Å². The third kappa shape index (κ3) is 2.91. The van der Waals surface area contributed by atoms with Crippen molar-refractivity contribution < 1.29 is 0 Å². The summed E-state index contributed by atoms with van der Waals surface area (Å²) in [7, 11) is 0. The van der Waals surface area contributed by atoms with Crippen molar-refractivity contribution in [2.24, 2.45) is 0 Å². The molecule has 15 heavy (non-hydrogen) atoms. The van der Waals surface area contributed by atoms with E-state index in [0.717, 1.165) is 11.0 Å². The van der Waals surface area contributed by atoms with Gasteiger partial charge in [0.2, 0.25) is 0 Å². The van der Waals surface area contributed by atoms with Gasteiger partial charge in [-0.25, -0.2) is 0 Å². The minimum absolute atomic E-state index is 0.914. The van der Waals surface area contributed by atoms with Crippen molar-refractivity contribution in [2.45, 2.75) is 25.7 Å². The first kappa shape index (κ1) is 9.90. The van der Waals surface area contributed by atoms with Crippen LogP contribution >= 0.6 is 0 Å². The molecule has 0 fully saturated rings. The first-order valence-corrected chi connectivity index (χ1v) is 5.37. The Balaban J connectivity index is 0.000000124. The summed E-state index contributed by atoms with van der Waals surface area (Å²) in [5, 5.41) is 10.2. The lowest BCUT2D eigenvalue weighted by atomic mass is 10.1. The standard InChI is InChI=1S/C6H5N3.C6H10/c1-2-4-6-5(3-1)7-9-8-6;1-2-4-6-5-3-1/h1-4H,(H,7,8,9);1-2H,3-6H2. The van der Waals surface area contributed by atoms with Gasteiger partial charge in [-0.3, -0.25) is 5.10 Å². The van der Waals surface area contributed by atoms with E-state index < -0.39 is 0 Å². The van der Waals surface area contributed by atoms with Gasteiger partial charge in [0.05, 0.1) is 5.52 Å². The maximum absolute atomic E-state index is 3.81. The topological polar surface area (TPSA) is 41.6 Å². The lowest BCUT2D eigenvalue weighted by Crippen LogP contribution is -1.77. The van der Waals surface area contributed by atoms with Crippen LogP contribution < -0.4 is 0 Å². The normalized spacial score (nSPS) is 14.7. The molecule has 0 unspecified atom stereocenters. The zero-order valence-electron chi connectivity index (χ0n) is 8.69. The van der Waals surface area contributed by atoms with Gasteiger partial charge in [-0.05, 0) is 37.8 Å². The summed E-state index contributed by atoms with van der Waals surface area (Å²) >= 11 is 0. The summed E-state index contributed by atoms with van der Waals surface area (Å²) in [6.45, 7) is 0. The Morgan fingerprint density at radius 1 is 1.00 bits per heavy atom. The summed E-state index contributed by atoms with van der Waals surface area (Å²) in [5.74, 6) is 0. The average molecular weight is 201 g/mol. The van der Waals surface area contributed by atoms with E-state index in [-0.39, 0.29) is 0 Å². The lowest BCUT2D eigenvalue weighted by molar-refractivity contribution is 0.730. The van der Waals surface area contributed by atoms with E-state index in [2.05, 4.69) is 27.6 Å². The number of aromatic amines is 1. The number of nitrogens with one attached hydrogen (secondary N) is 1. The van der Waals surface area contributed by atoms with Gasteiger partial charge in [0.15, 0.2) is 0 Å². The Kier molecular flexibility index (Phi) is 3.49. The number of H-pyrrole nitrogens is 1. The Morgan fingerprint density at radius 2 is 1.73 bits per heavy atom. The number of aromatic nitrogens is 3. The molecule has 0 aliphatic heterocycles. The average Bonchev–Trinajstić information content (AvgIpc) is 2.80. The van der Waals surface area contributed by atoms with Crippen LogP contribution in [0.1, 0.15) is 25.7 Å². The maximum Gasteiger partial charge on any atom is 0.112 e. The first-order chi connectivity index (χ1) is 7.47. The Hall–Kier alpha value is -1.64. The molecular weight excluding hydrogens is 186 g/mol. The number of benzene rings is 1. The zero-order valence-corrected chi connectivity index (χ0v) is 8.69. The molecule has 78 valence electrons. The second-order valence-electron chi connectivity index (χ2n) is 3.58. The lowest BCUT2D eigenvalue weighted by Gasteiger charge is -1.97. The van der Waals surface area contributed by atoms with E-state index in [1.54, 1.807) is 0 Å². The molecule has 0 atom stereocenters.